The van der Waals surface area contributed by atoms with E-state index in [2.05, 4.69) is 57.2 Å². The lowest BCUT2D eigenvalue weighted by atomic mass is 9.83. The van der Waals surface area contributed by atoms with Crippen LogP contribution in [0.4, 0.5) is 0 Å². The minimum atomic E-state index is 0.271. The molecule has 0 saturated heterocycles. The molecule has 1 saturated carbocycles. The van der Waals surface area contributed by atoms with Crippen molar-refractivity contribution in [1.29, 1.82) is 0 Å². The third kappa shape index (κ3) is 1.94. The molecular weight excluding hydrogens is 204 g/mol. The van der Waals surface area contributed by atoms with Crippen molar-refractivity contribution in [2.75, 3.05) is 0 Å². The summed E-state index contributed by atoms with van der Waals surface area (Å²) in [7, 11) is 0. The predicted molar refractivity (Wildman–Crippen MR) is 73.2 cm³/mol. The zero-order valence-electron chi connectivity index (χ0n) is 11.1. The molecule has 0 N–H and O–H groups in total. The fourth-order valence-corrected chi connectivity index (χ4v) is 3.39. The van der Waals surface area contributed by atoms with E-state index < -0.39 is 0 Å². The van der Waals surface area contributed by atoms with Gasteiger partial charge < -0.3 is 0 Å². The van der Waals surface area contributed by atoms with Crippen LogP contribution in [0.5, 0.6) is 0 Å². The summed E-state index contributed by atoms with van der Waals surface area (Å²) in [5.74, 6) is 2.48. The SMILES string of the molecule is CC(C)(C)c1ccc([C@H]2C[C@@H]3C=C[C@H]2C3)cc1. The van der Waals surface area contributed by atoms with Gasteiger partial charge in [-0.15, -0.1) is 0 Å². The van der Waals surface area contributed by atoms with Gasteiger partial charge in [-0.1, -0.05) is 57.2 Å². The first-order valence-electron chi connectivity index (χ1n) is 6.83. The Morgan fingerprint density at radius 3 is 2.12 bits per heavy atom. The summed E-state index contributed by atoms with van der Waals surface area (Å²) in [4.78, 5) is 0. The molecule has 2 bridgehead atoms. The summed E-state index contributed by atoms with van der Waals surface area (Å²) < 4.78 is 0. The van der Waals surface area contributed by atoms with Crippen LogP contribution in [-0.2, 0) is 5.41 Å². The van der Waals surface area contributed by atoms with E-state index in [4.69, 9.17) is 0 Å². The lowest BCUT2D eigenvalue weighted by Gasteiger charge is -2.22. The number of hydrogen-bond acceptors (Lipinski definition) is 0. The van der Waals surface area contributed by atoms with E-state index in [-0.39, 0.29) is 5.41 Å². The predicted octanol–water partition coefficient (Wildman–Crippen LogP) is 4.66. The van der Waals surface area contributed by atoms with Crippen LogP contribution in [0.3, 0.4) is 0 Å². The Balaban J connectivity index is 1.84. The maximum absolute atomic E-state index is 2.44. The lowest BCUT2D eigenvalue weighted by Crippen LogP contribution is -2.11. The van der Waals surface area contributed by atoms with Crippen molar-refractivity contribution in [2.45, 2.75) is 44.9 Å². The number of fused-ring (bicyclic) bond motifs is 2. The Morgan fingerprint density at radius 1 is 0.941 bits per heavy atom. The van der Waals surface area contributed by atoms with Crippen LogP contribution < -0.4 is 0 Å². The molecule has 0 heterocycles. The molecule has 2 aliphatic carbocycles. The van der Waals surface area contributed by atoms with E-state index in [0.29, 0.717) is 0 Å². The van der Waals surface area contributed by atoms with Gasteiger partial charge in [0.25, 0.3) is 0 Å². The van der Waals surface area contributed by atoms with E-state index in [1.807, 2.05) is 0 Å². The Kier molecular flexibility index (Phi) is 2.43. The van der Waals surface area contributed by atoms with Gasteiger partial charge >= 0.3 is 0 Å². The van der Waals surface area contributed by atoms with E-state index in [1.54, 1.807) is 5.56 Å². The minimum Gasteiger partial charge on any atom is -0.0851 e. The highest BCUT2D eigenvalue weighted by atomic mass is 14.4. The van der Waals surface area contributed by atoms with Crippen LogP contribution in [0.15, 0.2) is 36.4 Å². The number of benzene rings is 1. The van der Waals surface area contributed by atoms with Gasteiger partial charge in [-0.2, -0.15) is 0 Å². The molecule has 0 spiro atoms. The zero-order chi connectivity index (χ0) is 12.0. The molecule has 0 heteroatoms. The fourth-order valence-electron chi connectivity index (χ4n) is 3.39. The van der Waals surface area contributed by atoms with Gasteiger partial charge in [0, 0.05) is 0 Å². The standard InChI is InChI=1S/C17H22/c1-17(2,3)15-8-6-13(7-9-15)16-11-12-4-5-14(16)10-12/h4-9,12,14,16H,10-11H2,1-3H3/t12-,14+,16-/m1/s1. The molecule has 3 atom stereocenters. The fraction of sp³-hybridized carbons (Fsp3) is 0.529. The second-order valence-corrected chi connectivity index (χ2v) is 6.76. The van der Waals surface area contributed by atoms with E-state index in [0.717, 1.165) is 17.8 Å². The second-order valence-electron chi connectivity index (χ2n) is 6.76. The summed E-state index contributed by atoms with van der Waals surface area (Å²) >= 11 is 0. The van der Waals surface area contributed by atoms with Gasteiger partial charge in [-0.3, -0.25) is 0 Å². The molecule has 3 rings (SSSR count). The summed E-state index contributed by atoms with van der Waals surface area (Å²) in [6.07, 6.45) is 7.63. The highest BCUT2D eigenvalue weighted by molar-refractivity contribution is 5.32. The Bertz CT molecular complexity index is 430. The van der Waals surface area contributed by atoms with Crippen LogP contribution in [0.2, 0.25) is 0 Å². The number of allylic oxidation sites excluding steroid dienone is 2. The molecule has 1 aromatic rings. The van der Waals surface area contributed by atoms with Crippen molar-refractivity contribution >= 4 is 0 Å². The molecule has 0 unspecified atom stereocenters. The third-order valence-corrected chi connectivity index (χ3v) is 4.48. The van der Waals surface area contributed by atoms with Gasteiger partial charge in [0.05, 0.1) is 0 Å². The Hall–Kier alpha value is -1.04. The summed E-state index contributed by atoms with van der Waals surface area (Å²) in [6.45, 7) is 6.84. The van der Waals surface area contributed by atoms with Crippen molar-refractivity contribution in [1.82, 2.24) is 0 Å². The Labute approximate surface area is 105 Å². The smallest absolute Gasteiger partial charge is 0.00932 e. The molecule has 1 aromatic carbocycles. The average molecular weight is 226 g/mol. The molecule has 0 aliphatic heterocycles. The lowest BCUT2D eigenvalue weighted by molar-refractivity contribution is 0.576. The van der Waals surface area contributed by atoms with Crippen LogP contribution >= 0.6 is 0 Å². The van der Waals surface area contributed by atoms with Crippen LogP contribution in [0, 0.1) is 11.8 Å². The van der Waals surface area contributed by atoms with E-state index >= 15 is 0 Å². The van der Waals surface area contributed by atoms with Crippen molar-refractivity contribution < 1.29 is 0 Å². The largest absolute Gasteiger partial charge is 0.0851 e. The first-order chi connectivity index (χ1) is 8.04. The van der Waals surface area contributed by atoms with E-state index in [1.165, 1.54) is 18.4 Å². The maximum atomic E-state index is 2.44. The highest BCUT2D eigenvalue weighted by Gasteiger charge is 2.36. The van der Waals surface area contributed by atoms with Crippen molar-refractivity contribution in [3.63, 3.8) is 0 Å². The zero-order valence-corrected chi connectivity index (χ0v) is 11.1. The molecule has 2 aliphatic rings. The van der Waals surface area contributed by atoms with Gasteiger partial charge in [-0.05, 0) is 47.1 Å². The van der Waals surface area contributed by atoms with Gasteiger partial charge in [-0.25, -0.2) is 0 Å². The minimum absolute atomic E-state index is 0.271. The molecule has 0 nitrogen and oxygen atoms in total. The summed E-state index contributed by atoms with van der Waals surface area (Å²) in [5.41, 5.74) is 3.27. The first kappa shape index (κ1) is 11.1. The number of hydrogen-bond donors (Lipinski definition) is 0. The highest BCUT2D eigenvalue weighted by Crippen LogP contribution is 2.48. The van der Waals surface area contributed by atoms with Crippen LogP contribution in [-0.4, -0.2) is 0 Å². The molecular formula is C17H22. The topological polar surface area (TPSA) is 0 Å². The van der Waals surface area contributed by atoms with Crippen molar-refractivity contribution in [3.05, 3.63) is 47.5 Å². The van der Waals surface area contributed by atoms with E-state index in [9.17, 15) is 0 Å². The number of rotatable bonds is 1. The summed E-state index contributed by atoms with van der Waals surface area (Å²) in [6, 6.07) is 9.37. The quantitative estimate of drug-likeness (QED) is 0.611. The van der Waals surface area contributed by atoms with Gasteiger partial charge in [0.2, 0.25) is 0 Å². The van der Waals surface area contributed by atoms with Gasteiger partial charge in [0.15, 0.2) is 0 Å². The van der Waals surface area contributed by atoms with Crippen LogP contribution in [0.1, 0.15) is 50.7 Å². The first-order valence-corrected chi connectivity index (χ1v) is 6.83. The summed E-state index contributed by atoms with van der Waals surface area (Å²) in [5, 5.41) is 0. The van der Waals surface area contributed by atoms with Crippen molar-refractivity contribution in [3.8, 4) is 0 Å². The molecule has 0 radical (unpaired) electrons. The van der Waals surface area contributed by atoms with Crippen molar-refractivity contribution in [2.24, 2.45) is 11.8 Å². The average Bonchev–Trinajstić information content (AvgIpc) is 2.89. The maximum Gasteiger partial charge on any atom is -0.00932 e. The molecule has 0 aromatic heterocycles. The molecule has 0 amide bonds. The normalized spacial score (nSPS) is 31.1. The van der Waals surface area contributed by atoms with Crippen LogP contribution in [0.25, 0.3) is 0 Å². The molecule has 90 valence electrons. The Morgan fingerprint density at radius 2 is 1.65 bits per heavy atom. The molecule has 17 heavy (non-hydrogen) atoms. The second kappa shape index (κ2) is 3.73. The third-order valence-electron chi connectivity index (χ3n) is 4.48. The monoisotopic (exact) mass is 226 g/mol. The molecule has 1 fully saturated rings. The van der Waals surface area contributed by atoms with Gasteiger partial charge in [0.1, 0.15) is 0 Å².